The molecule has 0 saturated carbocycles. The Morgan fingerprint density at radius 3 is 2.11 bits per heavy atom. The van der Waals surface area contributed by atoms with Crippen molar-refractivity contribution in [1.29, 1.82) is 0 Å². The summed E-state index contributed by atoms with van der Waals surface area (Å²) in [6.07, 6.45) is -0.393. The lowest BCUT2D eigenvalue weighted by molar-refractivity contribution is -0.00156. The Labute approximate surface area is 105 Å². The monoisotopic (exact) mass is 250 g/mol. The molecule has 0 amide bonds. The van der Waals surface area contributed by atoms with Crippen LogP contribution in [0.1, 0.15) is 41.5 Å². The molecule has 0 spiro atoms. The summed E-state index contributed by atoms with van der Waals surface area (Å²) in [6, 6.07) is 5.71. The maximum Gasteiger partial charge on any atom is 0.516 e. The number of aldehydes is 1. The van der Waals surface area contributed by atoms with Crippen LogP contribution in [0, 0.1) is 0 Å². The van der Waals surface area contributed by atoms with Gasteiger partial charge in [-0.25, -0.2) is 9.59 Å². The first-order valence-electron chi connectivity index (χ1n) is 5.32. The number of hydrogen-bond donors (Lipinski definition) is 0. The lowest BCUT2D eigenvalue weighted by atomic mass is 10.1. The molecule has 0 aliphatic rings. The van der Waals surface area contributed by atoms with Crippen LogP contribution < -0.4 is 0 Å². The highest BCUT2D eigenvalue weighted by Crippen LogP contribution is 2.10. The summed E-state index contributed by atoms with van der Waals surface area (Å²) in [6.45, 7) is 4.99. The van der Waals surface area contributed by atoms with Crippen LogP contribution in [0.5, 0.6) is 0 Å². The molecule has 0 bridgehead atoms. The van der Waals surface area contributed by atoms with E-state index >= 15 is 0 Å². The van der Waals surface area contributed by atoms with Crippen LogP contribution >= 0.6 is 0 Å². The summed E-state index contributed by atoms with van der Waals surface area (Å²) in [5.74, 6) is -0.818. The van der Waals surface area contributed by atoms with Crippen LogP contribution in [0.25, 0.3) is 0 Å². The standard InChI is InChI=1S/C13H14O5/c1-13(2,3)18-12(16)17-11(15)10-6-4-9(8-14)5-7-10/h4-8H,1-3H3. The number of rotatable bonds is 2. The van der Waals surface area contributed by atoms with E-state index in [9.17, 15) is 14.4 Å². The van der Waals surface area contributed by atoms with Gasteiger partial charge in [0.25, 0.3) is 0 Å². The number of carbonyl (C=O) groups is 3. The minimum atomic E-state index is -1.05. The Morgan fingerprint density at radius 1 is 1.11 bits per heavy atom. The van der Waals surface area contributed by atoms with Gasteiger partial charge in [0.15, 0.2) is 0 Å². The lowest BCUT2D eigenvalue weighted by Crippen LogP contribution is -2.26. The Kier molecular flexibility index (Phi) is 4.20. The molecule has 0 aliphatic carbocycles. The quantitative estimate of drug-likeness (QED) is 0.458. The maximum atomic E-state index is 11.5. The van der Waals surface area contributed by atoms with E-state index in [-0.39, 0.29) is 5.56 Å². The highest BCUT2D eigenvalue weighted by molar-refractivity contribution is 5.95. The van der Waals surface area contributed by atoms with Gasteiger partial charge in [-0.1, -0.05) is 12.1 Å². The van der Waals surface area contributed by atoms with Gasteiger partial charge in [0.05, 0.1) is 5.56 Å². The first kappa shape index (κ1) is 13.9. The molecule has 1 aromatic rings. The molecule has 0 heterocycles. The second-order valence-electron chi connectivity index (χ2n) is 4.59. The molecular weight excluding hydrogens is 236 g/mol. The highest BCUT2D eigenvalue weighted by Gasteiger charge is 2.20. The SMILES string of the molecule is CC(C)(C)OC(=O)OC(=O)c1ccc(C=O)cc1. The number of esters is 1. The zero-order valence-electron chi connectivity index (χ0n) is 10.4. The van der Waals surface area contributed by atoms with Gasteiger partial charge in [-0.15, -0.1) is 0 Å². The Hall–Kier alpha value is -2.17. The number of hydrogen-bond acceptors (Lipinski definition) is 5. The third kappa shape index (κ3) is 4.37. The van der Waals surface area contributed by atoms with Crippen molar-refractivity contribution >= 4 is 18.4 Å². The van der Waals surface area contributed by atoms with Crippen LogP contribution in [0.2, 0.25) is 0 Å². The molecule has 5 heteroatoms. The number of carbonyl (C=O) groups excluding carboxylic acids is 3. The normalized spacial score (nSPS) is 10.6. The third-order valence-corrected chi connectivity index (χ3v) is 1.85. The molecule has 5 nitrogen and oxygen atoms in total. The summed E-state index contributed by atoms with van der Waals surface area (Å²) in [4.78, 5) is 33.2. The summed E-state index contributed by atoms with van der Waals surface area (Å²) in [5, 5.41) is 0. The maximum absolute atomic E-state index is 11.5. The third-order valence-electron chi connectivity index (χ3n) is 1.85. The lowest BCUT2D eigenvalue weighted by Gasteiger charge is -2.18. The smallest absolute Gasteiger partial charge is 0.428 e. The highest BCUT2D eigenvalue weighted by atomic mass is 16.7. The Morgan fingerprint density at radius 2 is 1.67 bits per heavy atom. The molecule has 0 aromatic heterocycles. The fourth-order valence-corrected chi connectivity index (χ4v) is 1.10. The minimum Gasteiger partial charge on any atom is -0.428 e. The van der Waals surface area contributed by atoms with Gasteiger partial charge in [-0.05, 0) is 32.9 Å². The second kappa shape index (κ2) is 5.44. The molecule has 0 unspecified atom stereocenters. The minimum absolute atomic E-state index is 0.173. The predicted molar refractivity (Wildman–Crippen MR) is 63.5 cm³/mol. The van der Waals surface area contributed by atoms with Crippen molar-refractivity contribution in [2.45, 2.75) is 26.4 Å². The van der Waals surface area contributed by atoms with Crippen molar-refractivity contribution in [2.24, 2.45) is 0 Å². The van der Waals surface area contributed by atoms with Crippen molar-refractivity contribution in [3.63, 3.8) is 0 Å². The summed E-state index contributed by atoms with van der Waals surface area (Å²) < 4.78 is 9.33. The fraction of sp³-hybridized carbons (Fsp3) is 0.308. The zero-order valence-corrected chi connectivity index (χ0v) is 10.4. The summed E-state index contributed by atoms with van der Waals surface area (Å²) in [7, 11) is 0. The molecule has 0 saturated heterocycles. The van der Waals surface area contributed by atoms with E-state index in [0.717, 1.165) is 0 Å². The molecule has 1 rings (SSSR count). The first-order valence-corrected chi connectivity index (χ1v) is 5.32. The van der Waals surface area contributed by atoms with Gasteiger partial charge in [0.2, 0.25) is 0 Å². The second-order valence-corrected chi connectivity index (χ2v) is 4.59. The van der Waals surface area contributed by atoms with Crippen LogP contribution in [-0.2, 0) is 9.47 Å². The van der Waals surface area contributed by atoms with E-state index in [0.29, 0.717) is 11.8 Å². The van der Waals surface area contributed by atoms with Gasteiger partial charge in [-0.3, -0.25) is 4.79 Å². The fourth-order valence-electron chi connectivity index (χ4n) is 1.10. The van der Waals surface area contributed by atoms with E-state index in [2.05, 4.69) is 4.74 Å². The molecule has 96 valence electrons. The van der Waals surface area contributed by atoms with Gasteiger partial charge in [-0.2, -0.15) is 0 Å². The van der Waals surface area contributed by atoms with Crippen LogP contribution in [0.15, 0.2) is 24.3 Å². The molecule has 18 heavy (non-hydrogen) atoms. The first-order chi connectivity index (χ1) is 8.31. The van der Waals surface area contributed by atoms with E-state index < -0.39 is 17.7 Å². The van der Waals surface area contributed by atoms with Crippen LogP contribution in [0.4, 0.5) is 4.79 Å². The number of benzene rings is 1. The van der Waals surface area contributed by atoms with Gasteiger partial charge in [0.1, 0.15) is 11.9 Å². The van der Waals surface area contributed by atoms with Crippen molar-refractivity contribution in [3.8, 4) is 0 Å². The molecule has 0 radical (unpaired) electrons. The van der Waals surface area contributed by atoms with E-state index in [4.69, 9.17) is 4.74 Å². The molecule has 0 atom stereocenters. The molecule has 0 fully saturated rings. The van der Waals surface area contributed by atoms with Gasteiger partial charge >= 0.3 is 12.1 Å². The Bertz CT molecular complexity index is 453. The van der Waals surface area contributed by atoms with E-state index in [1.165, 1.54) is 24.3 Å². The Balaban J connectivity index is 2.65. The largest absolute Gasteiger partial charge is 0.516 e. The molecule has 0 aliphatic heterocycles. The van der Waals surface area contributed by atoms with E-state index in [1.54, 1.807) is 20.8 Å². The van der Waals surface area contributed by atoms with Crippen molar-refractivity contribution in [3.05, 3.63) is 35.4 Å². The number of ether oxygens (including phenoxy) is 2. The van der Waals surface area contributed by atoms with Crippen molar-refractivity contribution < 1.29 is 23.9 Å². The van der Waals surface area contributed by atoms with Crippen LogP contribution in [0.3, 0.4) is 0 Å². The summed E-state index contributed by atoms with van der Waals surface area (Å²) in [5.41, 5.74) is -0.117. The molecule has 1 aromatic carbocycles. The van der Waals surface area contributed by atoms with Crippen molar-refractivity contribution in [1.82, 2.24) is 0 Å². The molecule has 0 N–H and O–H groups in total. The average molecular weight is 250 g/mol. The van der Waals surface area contributed by atoms with Gasteiger partial charge in [0, 0.05) is 5.56 Å². The predicted octanol–water partition coefficient (Wildman–Crippen LogP) is 2.59. The van der Waals surface area contributed by atoms with E-state index in [1.807, 2.05) is 0 Å². The summed E-state index contributed by atoms with van der Waals surface area (Å²) >= 11 is 0. The average Bonchev–Trinajstić information content (AvgIpc) is 2.26. The zero-order chi connectivity index (χ0) is 13.8. The van der Waals surface area contributed by atoms with Crippen LogP contribution in [-0.4, -0.2) is 24.0 Å². The van der Waals surface area contributed by atoms with Crippen molar-refractivity contribution in [2.75, 3.05) is 0 Å². The molecular formula is C13H14O5. The van der Waals surface area contributed by atoms with Gasteiger partial charge < -0.3 is 9.47 Å². The topological polar surface area (TPSA) is 69.7 Å².